The number of aliphatic imine (C=N–C) groups is 1. The lowest BCUT2D eigenvalue weighted by molar-refractivity contribution is -0.109. The molecule has 0 atom stereocenters. The fourth-order valence-corrected chi connectivity index (χ4v) is 0.191. The first-order valence-electron chi connectivity index (χ1n) is 3.85. The minimum atomic E-state index is -3.13. The van der Waals surface area contributed by atoms with Crippen molar-refractivity contribution in [1.29, 1.82) is 0 Å². The van der Waals surface area contributed by atoms with Crippen molar-refractivity contribution in [3.8, 4) is 0 Å². The average Bonchev–Trinajstić information content (AvgIpc) is 2.29. The van der Waals surface area contributed by atoms with E-state index in [1.165, 1.54) is 13.1 Å². The van der Waals surface area contributed by atoms with Crippen molar-refractivity contribution >= 4 is 37.8 Å². The molecule has 0 aliphatic heterocycles. The normalized spacial score (nSPS) is 6.26. The molecule has 0 aromatic carbocycles. The standard InChI is InChI=1S/C2H5NO.C2H3NO.CH5NO3Si.CH4.H2O3Si/c2*1-3-2-4;2-1(3)5-6-4;;1-4(2)3/h2H,1H3,(H,3,4);1H3;4H,6H2,(H2,2,3);1H4;1-2H. The Hall–Kier alpha value is -2.09. The third kappa shape index (κ3) is 363. The zero-order chi connectivity index (χ0) is 15.4. The van der Waals surface area contributed by atoms with Gasteiger partial charge in [0.05, 0.1) is 0 Å². The van der Waals surface area contributed by atoms with Gasteiger partial charge >= 0.3 is 25.3 Å². The van der Waals surface area contributed by atoms with Crippen molar-refractivity contribution in [3.05, 3.63) is 0 Å². The molecule has 2 amide bonds. The van der Waals surface area contributed by atoms with Crippen molar-refractivity contribution < 1.29 is 37.7 Å². The molecule has 0 bridgehead atoms. The van der Waals surface area contributed by atoms with Crippen LogP contribution in [0.15, 0.2) is 4.99 Å². The second-order valence-corrected chi connectivity index (χ2v) is 2.71. The number of carbonyl (C=O) groups excluding carboxylic acids is 3. The zero-order valence-corrected chi connectivity index (χ0v) is 12.1. The Balaban J connectivity index is -0.0000000459. The van der Waals surface area contributed by atoms with Gasteiger partial charge in [-0.05, 0) is 0 Å². The Labute approximate surface area is 114 Å². The van der Waals surface area contributed by atoms with Gasteiger partial charge < -0.3 is 29.9 Å². The van der Waals surface area contributed by atoms with Gasteiger partial charge in [0.1, 0.15) is 0 Å². The Morgan fingerprint density at radius 1 is 1.58 bits per heavy atom. The first-order valence-corrected chi connectivity index (χ1v) is 6.36. The molecule has 11 nitrogen and oxygen atoms in total. The minimum Gasteiger partial charge on any atom is -0.511 e. The van der Waals surface area contributed by atoms with Gasteiger partial charge in [-0.1, -0.05) is 7.43 Å². The maximum Gasteiger partial charge on any atom is 0.761 e. The number of carbonyl (C=O) groups is 2. The third-order valence-corrected chi connectivity index (χ3v) is 0.830. The van der Waals surface area contributed by atoms with Gasteiger partial charge in [0.15, 0.2) is 0 Å². The molecule has 0 spiro atoms. The molecule has 0 aliphatic rings. The van der Waals surface area contributed by atoms with Gasteiger partial charge in [-0.25, -0.2) is 14.6 Å². The van der Waals surface area contributed by atoms with Gasteiger partial charge in [-0.15, -0.1) is 0 Å². The molecule has 0 saturated carbocycles. The van der Waals surface area contributed by atoms with E-state index in [9.17, 15) is 4.79 Å². The Bertz CT molecular complexity index is 255. The van der Waals surface area contributed by atoms with Crippen LogP contribution in [0.1, 0.15) is 7.43 Å². The summed E-state index contributed by atoms with van der Waals surface area (Å²) >= 11 is 0. The summed E-state index contributed by atoms with van der Waals surface area (Å²) in [5.74, 6) is 0. The molecule has 0 radical (unpaired) electrons. The number of rotatable bonds is 2. The van der Waals surface area contributed by atoms with E-state index in [4.69, 9.17) is 28.4 Å². The monoisotopic (exact) mass is 317 g/mol. The van der Waals surface area contributed by atoms with Gasteiger partial charge in [0, 0.05) is 14.1 Å². The smallest absolute Gasteiger partial charge is 0.511 e. The highest BCUT2D eigenvalue weighted by Gasteiger charge is 1.85. The van der Waals surface area contributed by atoms with Crippen molar-refractivity contribution in [2.75, 3.05) is 14.1 Å². The molecule has 0 aromatic heterocycles. The Kier molecular flexibility index (Phi) is 57.2. The predicted molar refractivity (Wildman–Crippen MR) is 68.2 cm³/mol. The molecule has 0 saturated heterocycles. The number of hydrogen-bond donors (Lipinski definition) is 5. The van der Waals surface area contributed by atoms with Gasteiger partial charge in [-0.2, -0.15) is 0 Å². The summed E-state index contributed by atoms with van der Waals surface area (Å²) in [6.45, 7) is 0. The number of nitrogens with two attached hydrogens (primary N) is 1. The molecule has 0 aliphatic carbocycles. The van der Waals surface area contributed by atoms with Crippen LogP contribution in [0.2, 0.25) is 0 Å². The predicted octanol–water partition coefficient (Wildman–Crippen LogP) is -3.59. The molecule has 114 valence electrons. The number of isocyanates is 1. The lowest BCUT2D eigenvalue weighted by Gasteiger charge is -1.88. The second-order valence-electron chi connectivity index (χ2n) is 1.60. The SMILES string of the molecule is C.CN=C=O.CNC=O.NC(=O)O[SiH2]O.O=[Si](O)O. The molecule has 0 fully saturated rings. The van der Waals surface area contributed by atoms with E-state index < -0.39 is 25.3 Å². The number of nitrogens with one attached hydrogen (secondary N) is 1. The molecule has 19 heavy (non-hydrogen) atoms. The average molecular weight is 317 g/mol. The summed E-state index contributed by atoms with van der Waals surface area (Å²) in [5, 5.41) is 2.25. The highest BCUT2D eigenvalue weighted by Crippen LogP contribution is 1.59. The first kappa shape index (κ1) is 30.2. The first-order chi connectivity index (χ1) is 8.33. The summed E-state index contributed by atoms with van der Waals surface area (Å²) in [6.07, 6.45) is 1.03. The maximum absolute atomic E-state index is 9.47. The zero-order valence-electron chi connectivity index (χ0n) is 9.69. The van der Waals surface area contributed by atoms with E-state index in [-0.39, 0.29) is 7.43 Å². The Morgan fingerprint density at radius 3 is 1.84 bits per heavy atom. The quantitative estimate of drug-likeness (QED) is 0.149. The van der Waals surface area contributed by atoms with Crippen molar-refractivity contribution in [2.24, 2.45) is 10.7 Å². The summed E-state index contributed by atoms with van der Waals surface area (Å²) in [7, 11) is -1.79. The van der Waals surface area contributed by atoms with E-state index in [0.717, 1.165) is 0 Å². The van der Waals surface area contributed by atoms with Crippen molar-refractivity contribution in [2.45, 2.75) is 7.43 Å². The molecule has 0 aromatic rings. The highest BCUT2D eigenvalue weighted by molar-refractivity contribution is 6.22. The van der Waals surface area contributed by atoms with Crippen LogP contribution in [0, 0.1) is 0 Å². The van der Waals surface area contributed by atoms with Crippen LogP contribution in [-0.4, -0.2) is 66.2 Å². The highest BCUT2D eigenvalue weighted by atomic mass is 28.3. The van der Waals surface area contributed by atoms with Crippen molar-refractivity contribution in [1.82, 2.24) is 5.32 Å². The van der Waals surface area contributed by atoms with Crippen LogP contribution in [-0.2, 0) is 18.5 Å². The largest absolute Gasteiger partial charge is 0.761 e. The van der Waals surface area contributed by atoms with Crippen LogP contribution < -0.4 is 11.1 Å². The molecular formula is C6H19N3O8Si2. The fourth-order valence-electron chi connectivity index (χ4n) is 0.0636. The fraction of sp³-hybridized carbons (Fsp3) is 0.500. The summed E-state index contributed by atoms with van der Waals surface area (Å²) in [5.41, 5.74) is 4.42. The van der Waals surface area contributed by atoms with Crippen LogP contribution in [0.25, 0.3) is 0 Å². The van der Waals surface area contributed by atoms with Crippen LogP contribution in [0.4, 0.5) is 4.79 Å². The van der Waals surface area contributed by atoms with E-state index in [1.807, 2.05) is 0 Å². The molecular weight excluding hydrogens is 298 g/mol. The summed E-state index contributed by atoms with van der Waals surface area (Å²) in [4.78, 5) is 52.5. The summed E-state index contributed by atoms with van der Waals surface area (Å²) < 4.78 is 12.6. The third-order valence-electron chi connectivity index (χ3n) is 0.416. The van der Waals surface area contributed by atoms with Gasteiger partial charge in [0.25, 0.3) is 0 Å². The number of nitrogens with zero attached hydrogens (tertiary/aromatic N) is 1. The number of primary amides is 1. The van der Waals surface area contributed by atoms with E-state index in [0.29, 0.717) is 6.41 Å². The Morgan fingerprint density at radius 2 is 1.84 bits per heavy atom. The lowest BCUT2D eigenvalue weighted by atomic mass is 11.2. The van der Waals surface area contributed by atoms with E-state index >= 15 is 0 Å². The topological polar surface area (TPSA) is 189 Å². The summed E-state index contributed by atoms with van der Waals surface area (Å²) in [6, 6.07) is 0. The molecule has 13 heteroatoms. The van der Waals surface area contributed by atoms with Gasteiger partial charge in [-0.3, -0.25) is 9.26 Å². The van der Waals surface area contributed by atoms with Crippen LogP contribution in [0.5, 0.6) is 0 Å². The maximum atomic E-state index is 9.47. The molecule has 0 rings (SSSR count). The molecule has 6 N–H and O–H groups in total. The van der Waals surface area contributed by atoms with E-state index in [2.05, 4.69) is 20.5 Å². The molecule has 0 heterocycles. The lowest BCUT2D eigenvalue weighted by Crippen LogP contribution is -2.15. The van der Waals surface area contributed by atoms with Crippen LogP contribution >= 0.6 is 0 Å². The number of hydrogen-bond acceptors (Lipinski definition) is 7. The van der Waals surface area contributed by atoms with Gasteiger partial charge in [0.2, 0.25) is 12.5 Å². The molecule has 0 unspecified atom stereocenters. The van der Waals surface area contributed by atoms with Crippen LogP contribution in [0.3, 0.4) is 0 Å². The van der Waals surface area contributed by atoms with E-state index in [1.54, 1.807) is 7.05 Å². The minimum absolute atomic E-state index is 0. The number of amides is 2. The van der Waals surface area contributed by atoms with Crippen molar-refractivity contribution in [3.63, 3.8) is 0 Å². The second kappa shape index (κ2) is 36.0.